The Morgan fingerprint density at radius 2 is 0.606 bits per heavy atom. The fraction of sp³-hybridized carbons (Fsp3) is 0.113. The Morgan fingerprint density at radius 3 is 1.26 bits per heavy atom. The second-order valence-corrected chi connectivity index (χ2v) is 26.2. The molecule has 0 atom stereocenters. The van der Waals surface area contributed by atoms with Crippen LogP contribution in [0.3, 0.4) is 0 Å². The average molecular weight is 1290 g/mol. The normalized spacial score (nSPS) is 11.2. The molecule has 15 aromatic carbocycles. The maximum absolute atomic E-state index is 5.73. The molecule has 0 bridgehead atoms. The van der Waals surface area contributed by atoms with E-state index in [1.165, 1.54) is 132 Å². The molecular weight excluding hydrogens is 1200 g/mol. The highest BCUT2D eigenvalue weighted by molar-refractivity contribution is 6.06. The highest BCUT2D eigenvalue weighted by atomic mass is 16.3. The first-order valence-corrected chi connectivity index (χ1v) is 34.3. The fourth-order valence-electron chi connectivity index (χ4n) is 12.6. The molecule has 0 unspecified atom stereocenters. The predicted octanol–water partition coefficient (Wildman–Crippen LogP) is 27.7. The molecule has 0 aliphatic heterocycles. The molecule has 2 nitrogen and oxygen atoms in total. The maximum Gasteiger partial charge on any atom is 0.135 e. The standard InChI is InChI=1S/C16H16.2C13H10O.2C13H12.2C11H10.C7H8/c1-11-8-9-13-12-6-4-5-7-14(12)16(2,3)15(13)10-11;1-9-6-7-13-11(8-9)10-4-2-3-5-12(10)14-13;1-9-6-7-11-10-4-2-3-5-12(10)14-13(11)8-9;1-11-6-5-9-13(10-11)12-7-3-2-4-8-12;1-11-7-9-13(10-8-11)12-5-3-2-4-6-12;1-9-5-4-7-10-6-2-3-8-11(9)10;1-9-6-7-10-4-2-3-5-11(10)8-9;1-7-5-3-2-4-6-7/h4-10H,1-3H3;2*2-8H,1H3;2*2-10H,1H3;2*2-8H,1H3;2-6H,1H3. The Bertz CT molecular complexity index is 5400. The number of benzene rings is 15. The Kier molecular flexibility index (Phi) is 22.9. The first-order chi connectivity index (χ1) is 48.1. The summed E-state index contributed by atoms with van der Waals surface area (Å²) in [5.41, 5.74) is 25.4. The van der Waals surface area contributed by atoms with Gasteiger partial charge in [-0.15, -0.1) is 0 Å². The molecule has 0 amide bonds. The third-order valence-electron chi connectivity index (χ3n) is 17.9. The minimum Gasteiger partial charge on any atom is -0.456 e. The minimum atomic E-state index is 0.151. The minimum absolute atomic E-state index is 0.151. The van der Waals surface area contributed by atoms with Gasteiger partial charge in [-0.1, -0.05) is 369 Å². The van der Waals surface area contributed by atoms with Crippen molar-refractivity contribution < 1.29 is 8.83 Å². The molecule has 0 N–H and O–H groups in total. The quantitative estimate of drug-likeness (QED) is 0.172. The van der Waals surface area contributed by atoms with Crippen LogP contribution in [0.4, 0.5) is 0 Å². The molecule has 99 heavy (non-hydrogen) atoms. The molecule has 0 spiro atoms. The summed E-state index contributed by atoms with van der Waals surface area (Å²) in [4.78, 5) is 0. The first kappa shape index (κ1) is 68.8. The predicted molar refractivity (Wildman–Crippen MR) is 427 cm³/mol. The smallest absolute Gasteiger partial charge is 0.135 e. The Morgan fingerprint density at radius 1 is 0.202 bits per heavy atom. The molecule has 1 aliphatic carbocycles. The molecular formula is C97H88O2. The van der Waals surface area contributed by atoms with E-state index in [2.05, 4.69) is 348 Å². The molecule has 2 heterocycles. The molecule has 17 aromatic rings. The van der Waals surface area contributed by atoms with Crippen molar-refractivity contribution in [2.24, 2.45) is 0 Å². The van der Waals surface area contributed by atoms with Crippen molar-refractivity contribution in [1.29, 1.82) is 0 Å². The number of furan rings is 2. The van der Waals surface area contributed by atoms with E-state index >= 15 is 0 Å². The van der Waals surface area contributed by atoms with Crippen LogP contribution >= 0.6 is 0 Å². The van der Waals surface area contributed by atoms with E-state index in [4.69, 9.17) is 8.83 Å². The lowest BCUT2D eigenvalue weighted by molar-refractivity contribution is 0.660. The van der Waals surface area contributed by atoms with Gasteiger partial charge in [0.1, 0.15) is 22.3 Å². The van der Waals surface area contributed by atoms with Crippen molar-refractivity contribution in [3.8, 4) is 33.4 Å². The third kappa shape index (κ3) is 17.9. The molecule has 0 radical (unpaired) electrons. The Balaban J connectivity index is 0.000000115. The SMILES string of the molecule is Cc1ccc(-c2ccccc2)cc1.Cc1ccc2c(c1)C(C)(C)c1ccccc1-2.Cc1ccc2c(c1)oc1ccccc12.Cc1ccc2ccccc2c1.Cc1ccc2oc3ccccc3c2c1.Cc1cccc(-c2ccccc2)c1.Cc1cccc2ccccc12.Cc1ccccc1. The molecule has 2 aromatic heterocycles. The van der Waals surface area contributed by atoms with Gasteiger partial charge >= 0.3 is 0 Å². The molecule has 488 valence electrons. The number of para-hydroxylation sites is 2. The summed E-state index contributed by atoms with van der Waals surface area (Å²) in [5, 5.41) is 10.1. The van der Waals surface area contributed by atoms with Gasteiger partial charge in [0.15, 0.2) is 0 Å². The van der Waals surface area contributed by atoms with Crippen molar-refractivity contribution >= 4 is 65.4 Å². The number of hydrogen-bond donors (Lipinski definition) is 0. The number of fused-ring (bicyclic) bond motifs is 11. The topological polar surface area (TPSA) is 26.3 Å². The van der Waals surface area contributed by atoms with E-state index in [0.29, 0.717) is 0 Å². The van der Waals surface area contributed by atoms with Gasteiger partial charge < -0.3 is 8.83 Å². The number of hydrogen-bond acceptors (Lipinski definition) is 2. The lowest BCUT2D eigenvalue weighted by atomic mass is 9.82. The Labute approximate surface area is 586 Å². The van der Waals surface area contributed by atoms with Gasteiger partial charge in [0.05, 0.1) is 0 Å². The van der Waals surface area contributed by atoms with Gasteiger partial charge in [0, 0.05) is 27.0 Å². The van der Waals surface area contributed by atoms with Crippen molar-refractivity contribution in [2.75, 3.05) is 0 Å². The van der Waals surface area contributed by atoms with Crippen molar-refractivity contribution in [3.05, 3.63) is 407 Å². The van der Waals surface area contributed by atoms with Crippen LogP contribution in [0.1, 0.15) is 69.5 Å². The van der Waals surface area contributed by atoms with Crippen LogP contribution in [0.25, 0.3) is 98.8 Å². The fourth-order valence-corrected chi connectivity index (χ4v) is 12.6. The molecule has 2 heteroatoms. The molecule has 0 fully saturated rings. The highest BCUT2D eigenvalue weighted by Crippen LogP contribution is 2.48. The lowest BCUT2D eigenvalue weighted by Crippen LogP contribution is -2.14. The van der Waals surface area contributed by atoms with Crippen LogP contribution in [-0.2, 0) is 5.41 Å². The van der Waals surface area contributed by atoms with Crippen LogP contribution in [0.15, 0.2) is 361 Å². The van der Waals surface area contributed by atoms with E-state index in [-0.39, 0.29) is 5.41 Å². The summed E-state index contributed by atoms with van der Waals surface area (Å²) in [5.74, 6) is 0. The van der Waals surface area contributed by atoms with Crippen LogP contribution in [0, 0.1) is 55.4 Å². The average Bonchev–Trinajstić information content (AvgIpc) is 1.59. The monoisotopic (exact) mass is 1280 g/mol. The van der Waals surface area contributed by atoms with Crippen LogP contribution in [0.2, 0.25) is 0 Å². The van der Waals surface area contributed by atoms with Gasteiger partial charge in [0.25, 0.3) is 0 Å². The van der Waals surface area contributed by atoms with Crippen LogP contribution < -0.4 is 0 Å². The van der Waals surface area contributed by atoms with Gasteiger partial charge in [0.2, 0.25) is 0 Å². The number of rotatable bonds is 2. The van der Waals surface area contributed by atoms with Gasteiger partial charge in [-0.3, -0.25) is 0 Å². The van der Waals surface area contributed by atoms with Crippen molar-refractivity contribution in [1.82, 2.24) is 0 Å². The second-order valence-electron chi connectivity index (χ2n) is 26.2. The summed E-state index contributed by atoms with van der Waals surface area (Å²) >= 11 is 0. The summed E-state index contributed by atoms with van der Waals surface area (Å²) in [7, 11) is 0. The summed E-state index contributed by atoms with van der Waals surface area (Å²) in [6.07, 6.45) is 0. The van der Waals surface area contributed by atoms with E-state index in [9.17, 15) is 0 Å². The summed E-state index contributed by atoms with van der Waals surface area (Å²) < 4.78 is 11.4. The largest absolute Gasteiger partial charge is 0.456 e. The first-order valence-electron chi connectivity index (χ1n) is 34.3. The van der Waals surface area contributed by atoms with Crippen molar-refractivity contribution in [3.63, 3.8) is 0 Å². The van der Waals surface area contributed by atoms with Gasteiger partial charge in [-0.05, 0) is 163 Å². The zero-order valence-corrected chi connectivity index (χ0v) is 58.8. The zero-order chi connectivity index (χ0) is 69.1. The Hall–Kier alpha value is -11.6. The lowest BCUT2D eigenvalue weighted by Gasteiger charge is -2.21. The van der Waals surface area contributed by atoms with E-state index < -0.39 is 0 Å². The van der Waals surface area contributed by atoms with E-state index in [1.807, 2.05) is 72.8 Å². The third-order valence-corrected chi connectivity index (χ3v) is 17.9. The molecule has 18 rings (SSSR count). The molecule has 0 saturated heterocycles. The number of aryl methyl sites for hydroxylation is 8. The van der Waals surface area contributed by atoms with Gasteiger partial charge in [-0.2, -0.15) is 0 Å². The summed E-state index contributed by atoms with van der Waals surface area (Å²) in [6.45, 7) is 21.5. The van der Waals surface area contributed by atoms with E-state index in [1.54, 1.807) is 0 Å². The second kappa shape index (κ2) is 32.9. The van der Waals surface area contributed by atoms with Crippen LogP contribution in [-0.4, -0.2) is 0 Å². The van der Waals surface area contributed by atoms with E-state index in [0.717, 1.165) is 22.3 Å². The maximum atomic E-state index is 5.73. The molecule has 1 aliphatic rings. The van der Waals surface area contributed by atoms with Crippen LogP contribution in [0.5, 0.6) is 0 Å². The van der Waals surface area contributed by atoms with Crippen molar-refractivity contribution in [2.45, 2.75) is 74.7 Å². The van der Waals surface area contributed by atoms with Gasteiger partial charge in [-0.25, -0.2) is 0 Å². The summed E-state index contributed by atoms with van der Waals surface area (Å²) in [6, 6.07) is 122. The zero-order valence-electron chi connectivity index (χ0n) is 58.8. The highest BCUT2D eigenvalue weighted by Gasteiger charge is 2.34. The molecule has 0 saturated carbocycles.